The number of piperidine rings is 2. The van der Waals surface area contributed by atoms with Crippen molar-refractivity contribution in [1.82, 2.24) is 14.8 Å². The zero-order valence-corrected chi connectivity index (χ0v) is 14.8. The summed E-state index contributed by atoms with van der Waals surface area (Å²) in [6, 6.07) is 2.15. The second-order valence-corrected chi connectivity index (χ2v) is 8.30. The Balaban J connectivity index is 1.34. The van der Waals surface area contributed by atoms with Crippen LogP contribution in [0.15, 0.2) is 18.5 Å². The van der Waals surface area contributed by atoms with Gasteiger partial charge in [0, 0.05) is 38.4 Å². The highest BCUT2D eigenvalue weighted by Gasteiger charge is 2.42. The third kappa shape index (κ3) is 3.49. The number of hydrogen-bond donors (Lipinski definition) is 0. The molecule has 2 aliphatic heterocycles. The summed E-state index contributed by atoms with van der Waals surface area (Å²) in [5.41, 5.74) is 3.08. The average Bonchev–Trinajstić information content (AvgIpc) is 3.40. The molecule has 1 aromatic heterocycles. The number of amides is 1. The molecule has 3 heterocycles. The number of rotatable bonds is 4. The maximum atomic E-state index is 12.2. The molecule has 3 aliphatic rings. The zero-order valence-electron chi connectivity index (χ0n) is 14.8. The van der Waals surface area contributed by atoms with E-state index < -0.39 is 0 Å². The molecule has 0 aromatic carbocycles. The molecule has 1 aromatic rings. The molecule has 0 atom stereocenters. The third-order valence-corrected chi connectivity index (χ3v) is 6.37. The quantitative estimate of drug-likeness (QED) is 0.853. The predicted molar refractivity (Wildman–Crippen MR) is 94.5 cm³/mol. The lowest BCUT2D eigenvalue weighted by atomic mass is 9.72. The summed E-state index contributed by atoms with van der Waals surface area (Å²) in [4.78, 5) is 21.2. The van der Waals surface area contributed by atoms with Crippen LogP contribution in [0.5, 0.6) is 0 Å². The van der Waals surface area contributed by atoms with Crippen molar-refractivity contribution in [3.63, 3.8) is 0 Å². The first-order valence-corrected chi connectivity index (χ1v) is 9.53. The van der Waals surface area contributed by atoms with Crippen molar-refractivity contribution < 1.29 is 4.79 Å². The normalized spacial score (nSPS) is 24.5. The van der Waals surface area contributed by atoms with E-state index in [9.17, 15) is 4.79 Å². The van der Waals surface area contributed by atoms with Crippen LogP contribution in [0, 0.1) is 18.3 Å². The fourth-order valence-corrected chi connectivity index (χ4v) is 4.39. The van der Waals surface area contributed by atoms with Crippen molar-refractivity contribution >= 4 is 5.91 Å². The largest absolute Gasteiger partial charge is 0.342 e. The first-order valence-electron chi connectivity index (χ1n) is 9.53. The van der Waals surface area contributed by atoms with Gasteiger partial charge in [-0.05, 0) is 80.6 Å². The molecule has 2 saturated heterocycles. The molecule has 0 N–H and O–H groups in total. The number of hydrogen-bond acceptors (Lipinski definition) is 3. The van der Waals surface area contributed by atoms with E-state index >= 15 is 0 Å². The van der Waals surface area contributed by atoms with Crippen LogP contribution in [0.2, 0.25) is 0 Å². The average molecular weight is 327 g/mol. The van der Waals surface area contributed by atoms with Crippen LogP contribution in [0.4, 0.5) is 0 Å². The van der Waals surface area contributed by atoms with Gasteiger partial charge in [0.15, 0.2) is 0 Å². The van der Waals surface area contributed by atoms with Gasteiger partial charge in [-0.2, -0.15) is 0 Å². The zero-order chi connectivity index (χ0) is 16.6. The van der Waals surface area contributed by atoms with Crippen molar-refractivity contribution in [1.29, 1.82) is 0 Å². The molecular formula is C20H29N3O. The Morgan fingerprint density at radius 2 is 2.04 bits per heavy atom. The highest BCUT2D eigenvalue weighted by atomic mass is 16.2. The molecule has 3 fully saturated rings. The van der Waals surface area contributed by atoms with E-state index in [-0.39, 0.29) is 0 Å². The Morgan fingerprint density at radius 3 is 2.75 bits per heavy atom. The molecule has 4 nitrogen and oxygen atoms in total. The van der Waals surface area contributed by atoms with Crippen molar-refractivity contribution in [3.8, 4) is 0 Å². The maximum absolute atomic E-state index is 12.2. The van der Waals surface area contributed by atoms with E-state index in [2.05, 4.69) is 27.8 Å². The van der Waals surface area contributed by atoms with Gasteiger partial charge in [0.2, 0.25) is 5.91 Å². The molecule has 4 rings (SSSR count). The van der Waals surface area contributed by atoms with Crippen LogP contribution in [-0.4, -0.2) is 46.9 Å². The molecule has 24 heavy (non-hydrogen) atoms. The molecule has 1 amide bonds. The van der Waals surface area contributed by atoms with E-state index in [1.54, 1.807) is 0 Å². The minimum absolute atomic E-state index is 0.395. The van der Waals surface area contributed by atoms with E-state index in [0.717, 1.165) is 51.5 Å². The Kier molecular flexibility index (Phi) is 4.33. The smallest absolute Gasteiger partial charge is 0.222 e. The lowest BCUT2D eigenvalue weighted by molar-refractivity contribution is -0.139. The number of aromatic nitrogens is 1. The second-order valence-electron chi connectivity index (χ2n) is 8.30. The second kappa shape index (κ2) is 6.47. The molecule has 0 unspecified atom stereocenters. The summed E-state index contributed by atoms with van der Waals surface area (Å²) in [5, 5.41) is 0. The number of carbonyl (C=O) groups excluding carboxylic acids is 1. The number of pyridine rings is 1. The van der Waals surface area contributed by atoms with Crippen LogP contribution in [0.3, 0.4) is 0 Å². The fraction of sp³-hybridized carbons (Fsp3) is 0.700. The Morgan fingerprint density at radius 1 is 1.25 bits per heavy atom. The Bertz CT molecular complexity index is 603. The lowest BCUT2D eigenvalue weighted by Crippen LogP contribution is -2.51. The SMILES string of the molecule is Cc1cnccc1CN1CCC2(CCC(=O)N(CC3CC3)C2)CC1. The van der Waals surface area contributed by atoms with Gasteiger partial charge >= 0.3 is 0 Å². The van der Waals surface area contributed by atoms with E-state index in [4.69, 9.17) is 0 Å². The highest BCUT2D eigenvalue weighted by Crippen LogP contribution is 2.42. The van der Waals surface area contributed by atoms with Gasteiger partial charge in [-0.15, -0.1) is 0 Å². The minimum Gasteiger partial charge on any atom is -0.342 e. The number of aryl methyl sites for hydroxylation is 1. The van der Waals surface area contributed by atoms with Gasteiger partial charge in [-0.3, -0.25) is 14.7 Å². The summed E-state index contributed by atoms with van der Waals surface area (Å²) in [5.74, 6) is 1.21. The van der Waals surface area contributed by atoms with Gasteiger partial charge in [0.05, 0.1) is 0 Å². The number of nitrogens with zero attached hydrogens (tertiary/aromatic N) is 3. The molecular weight excluding hydrogens is 298 g/mol. The van der Waals surface area contributed by atoms with Gasteiger partial charge in [-0.1, -0.05) is 0 Å². The van der Waals surface area contributed by atoms with Gasteiger partial charge < -0.3 is 4.90 Å². The van der Waals surface area contributed by atoms with Gasteiger partial charge in [0.1, 0.15) is 0 Å². The highest BCUT2D eigenvalue weighted by molar-refractivity contribution is 5.77. The Hall–Kier alpha value is -1.42. The predicted octanol–water partition coefficient (Wildman–Crippen LogP) is 3.00. The van der Waals surface area contributed by atoms with E-state index in [0.29, 0.717) is 11.3 Å². The van der Waals surface area contributed by atoms with Gasteiger partial charge in [0.25, 0.3) is 0 Å². The van der Waals surface area contributed by atoms with Crippen LogP contribution in [0.1, 0.15) is 49.7 Å². The van der Waals surface area contributed by atoms with Crippen molar-refractivity contribution in [2.24, 2.45) is 11.3 Å². The van der Waals surface area contributed by atoms with Crippen molar-refractivity contribution in [2.45, 2.75) is 52.0 Å². The van der Waals surface area contributed by atoms with Gasteiger partial charge in [-0.25, -0.2) is 0 Å². The van der Waals surface area contributed by atoms with Crippen molar-refractivity contribution in [2.75, 3.05) is 26.2 Å². The first-order chi connectivity index (χ1) is 11.6. The van der Waals surface area contributed by atoms with Crippen molar-refractivity contribution in [3.05, 3.63) is 29.6 Å². The molecule has 1 spiro atoms. The number of likely N-dealkylation sites (tertiary alicyclic amines) is 2. The minimum atomic E-state index is 0.395. The monoisotopic (exact) mass is 327 g/mol. The fourth-order valence-electron chi connectivity index (χ4n) is 4.39. The lowest BCUT2D eigenvalue weighted by Gasteiger charge is -2.47. The maximum Gasteiger partial charge on any atom is 0.222 e. The third-order valence-electron chi connectivity index (χ3n) is 6.37. The summed E-state index contributed by atoms with van der Waals surface area (Å²) in [6.45, 7) is 7.55. The standard InChI is InChI=1S/C20H29N3O/c1-16-12-21-9-5-18(16)14-22-10-7-20(8-11-22)6-4-19(24)23(15-20)13-17-2-3-17/h5,9,12,17H,2-4,6-8,10-11,13-15H2,1H3. The van der Waals surface area contributed by atoms with Crippen LogP contribution >= 0.6 is 0 Å². The number of carbonyl (C=O) groups is 1. The Labute approximate surface area is 145 Å². The molecule has 1 aliphatic carbocycles. The molecule has 1 saturated carbocycles. The van der Waals surface area contributed by atoms with Crippen LogP contribution in [0.25, 0.3) is 0 Å². The summed E-state index contributed by atoms with van der Waals surface area (Å²) < 4.78 is 0. The first kappa shape index (κ1) is 16.1. The topological polar surface area (TPSA) is 36.4 Å². The van der Waals surface area contributed by atoms with E-state index in [1.807, 2.05) is 12.4 Å². The summed E-state index contributed by atoms with van der Waals surface area (Å²) >= 11 is 0. The summed E-state index contributed by atoms with van der Waals surface area (Å²) in [7, 11) is 0. The molecule has 130 valence electrons. The van der Waals surface area contributed by atoms with Crippen LogP contribution in [-0.2, 0) is 11.3 Å². The molecule has 0 bridgehead atoms. The van der Waals surface area contributed by atoms with E-state index in [1.165, 1.54) is 36.8 Å². The molecule has 0 radical (unpaired) electrons. The molecule has 4 heteroatoms. The van der Waals surface area contributed by atoms with Crippen LogP contribution < -0.4 is 0 Å². The summed E-state index contributed by atoms with van der Waals surface area (Å²) in [6.07, 6.45) is 10.9.